The molecule has 1 aliphatic carbocycles. The molecule has 4 heterocycles. The van der Waals surface area contributed by atoms with Gasteiger partial charge in [0.15, 0.2) is 22.8 Å². The number of hydrogen-bond donors (Lipinski definition) is 5. The molecule has 5 N–H and O–H groups in total. The van der Waals surface area contributed by atoms with Crippen molar-refractivity contribution in [3.8, 4) is 0 Å². The van der Waals surface area contributed by atoms with E-state index in [4.69, 9.17) is 15.0 Å². The first-order valence-corrected chi connectivity index (χ1v) is 15.0. The van der Waals surface area contributed by atoms with Gasteiger partial charge in [0.1, 0.15) is 18.2 Å². The third-order valence-electron chi connectivity index (χ3n) is 8.33. The third-order valence-corrected chi connectivity index (χ3v) is 8.33. The zero-order valence-corrected chi connectivity index (χ0v) is 24.6. The van der Waals surface area contributed by atoms with E-state index in [0.29, 0.717) is 54.7 Å². The van der Waals surface area contributed by atoms with E-state index in [1.807, 2.05) is 41.0 Å². The van der Waals surface area contributed by atoms with Crippen LogP contribution in [0.4, 0.5) is 11.8 Å². The van der Waals surface area contributed by atoms with Gasteiger partial charge in [-0.2, -0.15) is 14.8 Å². The Morgan fingerprint density at radius 3 is 2.36 bits per heavy atom. The van der Waals surface area contributed by atoms with Crippen molar-refractivity contribution in [2.24, 2.45) is 0 Å². The zero-order chi connectivity index (χ0) is 30.8. The zero-order valence-electron chi connectivity index (χ0n) is 24.6. The lowest BCUT2D eigenvalue weighted by atomic mass is 9.91. The molecule has 4 atom stereocenters. The number of hydrogen-bond acceptors (Lipinski definition) is 11. The number of nitrogens with one attached hydrogen (secondary N) is 3. The summed E-state index contributed by atoms with van der Waals surface area (Å²) in [6.45, 7) is 2.86. The number of fused-ring (bicyclic) bond motifs is 1. The number of aromatic amines is 1. The summed E-state index contributed by atoms with van der Waals surface area (Å²) in [7, 11) is 0. The predicted octanol–water partition coefficient (Wildman–Crippen LogP) is 2.65. The number of rotatable bonds is 11. The number of nitrogens with zero attached hydrogens (tertiary/aromatic N) is 9. The van der Waals surface area contributed by atoms with Crippen molar-refractivity contribution in [3.63, 3.8) is 0 Å². The van der Waals surface area contributed by atoms with Crippen LogP contribution >= 0.6 is 0 Å². The smallest absolute Gasteiger partial charge is 0.226 e. The number of benzene rings is 2. The molecule has 0 saturated heterocycles. The Morgan fingerprint density at radius 1 is 0.956 bits per heavy atom. The van der Waals surface area contributed by atoms with Crippen molar-refractivity contribution in [3.05, 3.63) is 102 Å². The van der Waals surface area contributed by atoms with Gasteiger partial charge < -0.3 is 30.4 Å². The molecular formula is C31H34N12O2. The molecule has 0 spiro atoms. The van der Waals surface area contributed by atoms with Crippen LogP contribution in [-0.4, -0.2) is 85.2 Å². The van der Waals surface area contributed by atoms with Gasteiger partial charge in [-0.25, -0.2) is 9.97 Å². The molecule has 230 valence electrons. The summed E-state index contributed by atoms with van der Waals surface area (Å²) in [5, 5.41) is 41.3. The fourth-order valence-electron chi connectivity index (χ4n) is 6.02. The van der Waals surface area contributed by atoms with Crippen molar-refractivity contribution < 1.29 is 10.2 Å². The van der Waals surface area contributed by atoms with Gasteiger partial charge in [0.2, 0.25) is 5.95 Å². The molecular weight excluding hydrogens is 572 g/mol. The van der Waals surface area contributed by atoms with Gasteiger partial charge in [0, 0.05) is 37.3 Å². The van der Waals surface area contributed by atoms with Gasteiger partial charge in [0.05, 0.1) is 18.7 Å². The van der Waals surface area contributed by atoms with Crippen molar-refractivity contribution in [1.82, 2.24) is 49.7 Å². The van der Waals surface area contributed by atoms with E-state index >= 15 is 0 Å². The van der Waals surface area contributed by atoms with E-state index in [0.717, 1.165) is 5.69 Å². The molecule has 0 unspecified atom stereocenters. The molecule has 7 rings (SSSR count). The average molecular weight is 607 g/mol. The van der Waals surface area contributed by atoms with E-state index in [2.05, 4.69) is 60.3 Å². The van der Waals surface area contributed by atoms with Crippen LogP contribution in [0.15, 0.2) is 79.5 Å². The number of aromatic nitrogens is 10. The van der Waals surface area contributed by atoms with Gasteiger partial charge in [-0.15, -0.1) is 10.2 Å². The highest BCUT2D eigenvalue weighted by molar-refractivity contribution is 5.84. The molecule has 1 saturated carbocycles. The molecule has 45 heavy (non-hydrogen) atoms. The SMILES string of the molecule is Cc1nnn([C@H]2C[C@@H](n3cnc4c(NCC(c5ccccc5)c5ccccc5)nc(NCCc5cnc[nH]5)nc43)[C@H](O)[C@@H]2O)n1. The molecule has 1 fully saturated rings. The Morgan fingerprint density at radius 2 is 1.69 bits per heavy atom. The number of tetrazole rings is 1. The summed E-state index contributed by atoms with van der Waals surface area (Å²) in [5.41, 5.74) is 4.44. The van der Waals surface area contributed by atoms with Crippen LogP contribution in [0.5, 0.6) is 0 Å². The lowest BCUT2D eigenvalue weighted by Gasteiger charge is -2.20. The minimum atomic E-state index is -1.09. The highest BCUT2D eigenvalue weighted by Crippen LogP contribution is 2.39. The summed E-state index contributed by atoms with van der Waals surface area (Å²) >= 11 is 0. The molecule has 0 radical (unpaired) electrons. The summed E-state index contributed by atoms with van der Waals surface area (Å²) in [5.74, 6) is 1.53. The van der Waals surface area contributed by atoms with Crippen LogP contribution in [0.25, 0.3) is 11.2 Å². The number of H-pyrrole nitrogens is 1. The summed E-state index contributed by atoms with van der Waals surface area (Å²) < 4.78 is 1.81. The van der Waals surface area contributed by atoms with Gasteiger partial charge >= 0.3 is 0 Å². The van der Waals surface area contributed by atoms with Crippen molar-refractivity contribution in [1.29, 1.82) is 0 Å². The monoisotopic (exact) mass is 606 g/mol. The summed E-state index contributed by atoms with van der Waals surface area (Å²) in [6, 6.07) is 19.6. The quantitative estimate of drug-likeness (QED) is 0.146. The van der Waals surface area contributed by atoms with Crippen LogP contribution < -0.4 is 10.6 Å². The van der Waals surface area contributed by atoms with Gasteiger partial charge in [-0.3, -0.25) is 0 Å². The maximum Gasteiger partial charge on any atom is 0.226 e. The van der Waals surface area contributed by atoms with Crippen molar-refractivity contribution >= 4 is 22.9 Å². The topological polar surface area (TPSA) is 180 Å². The van der Waals surface area contributed by atoms with E-state index in [1.54, 1.807) is 25.8 Å². The third kappa shape index (κ3) is 5.84. The predicted molar refractivity (Wildman–Crippen MR) is 167 cm³/mol. The molecule has 0 amide bonds. The number of aliphatic hydroxyl groups is 2. The molecule has 0 bridgehead atoms. The van der Waals surface area contributed by atoms with E-state index in [9.17, 15) is 10.2 Å². The minimum Gasteiger partial charge on any atom is -0.388 e. The van der Waals surface area contributed by atoms with Crippen LogP contribution in [0.1, 0.15) is 47.1 Å². The second-order valence-corrected chi connectivity index (χ2v) is 11.2. The first kappa shape index (κ1) is 28.6. The van der Waals surface area contributed by atoms with Gasteiger partial charge in [-0.05, 0) is 29.7 Å². The fourth-order valence-corrected chi connectivity index (χ4v) is 6.02. The lowest BCUT2D eigenvalue weighted by molar-refractivity contribution is 0.00474. The fraction of sp³-hybridized carbons (Fsp3) is 0.323. The maximum atomic E-state index is 11.2. The standard InChI is InChI=1S/C31H34N12O2/c1-19-39-41-43(40-19)25-14-24(27(44)28(25)45)42-18-36-26-29(37-31(38-30(26)42)33-13-12-22-15-32-17-35-22)34-16-23(20-8-4-2-5-9-20)21-10-6-3-7-11-21/h2-11,15,17-18,23-25,27-28,44-45H,12-14,16H2,1H3,(H,32,35)(H2,33,34,37,38)/t24-,25+,27+,28-/m1/s1. The van der Waals surface area contributed by atoms with E-state index in [-0.39, 0.29) is 5.92 Å². The average Bonchev–Trinajstić information content (AvgIpc) is 3.88. The Bertz CT molecular complexity index is 1800. The first-order valence-electron chi connectivity index (χ1n) is 15.0. The maximum absolute atomic E-state index is 11.2. The molecule has 4 aromatic heterocycles. The van der Waals surface area contributed by atoms with Gasteiger partial charge in [0.25, 0.3) is 0 Å². The molecule has 14 heteroatoms. The lowest BCUT2D eigenvalue weighted by Crippen LogP contribution is -2.31. The second-order valence-electron chi connectivity index (χ2n) is 11.2. The molecule has 6 aromatic rings. The molecule has 1 aliphatic rings. The van der Waals surface area contributed by atoms with Crippen molar-refractivity contribution in [2.45, 2.75) is 50.0 Å². The van der Waals surface area contributed by atoms with Crippen LogP contribution in [0.3, 0.4) is 0 Å². The van der Waals surface area contributed by atoms with Crippen molar-refractivity contribution in [2.75, 3.05) is 23.7 Å². The summed E-state index contributed by atoms with van der Waals surface area (Å²) in [4.78, 5) is 23.0. The number of imidazole rings is 2. The Kier molecular flexibility index (Phi) is 7.88. The van der Waals surface area contributed by atoms with E-state index < -0.39 is 24.3 Å². The number of aryl methyl sites for hydroxylation is 1. The number of anilines is 2. The van der Waals surface area contributed by atoms with Crippen LogP contribution in [-0.2, 0) is 6.42 Å². The largest absolute Gasteiger partial charge is 0.388 e. The Hall–Kier alpha value is -5.21. The first-order chi connectivity index (χ1) is 22.0. The highest BCUT2D eigenvalue weighted by Gasteiger charge is 2.45. The Balaban J connectivity index is 1.22. The molecule has 2 aromatic carbocycles. The Labute approximate surface area is 258 Å². The van der Waals surface area contributed by atoms with Crippen LogP contribution in [0, 0.1) is 6.92 Å². The van der Waals surface area contributed by atoms with Crippen LogP contribution in [0.2, 0.25) is 0 Å². The van der Waals surface area contributed by atoms with E-state index in [1.165, 1.54) is 15.9 Å². The summed E-state index contributed by atoms with van der Waals surface area (Å²) in [6.07, 6.45) is 3.96. The second kappa shape index (κ2) is 12.4. The highest BCUT2D eigenvalue weighted by atomic mass is 16.3. The molecule has 14 nitrogen and oxygen atoms in total. The molecule has 0 aliphatic heterocycles. The number of aliphatic hydroxyl groups excluding tert-OH is 2. The van der Waals surface area contributed by atoms with Gasteiger partial charge in [-0.1, -0.05) is 60.7 Å². The normalized spacial score (nSPS) is 19.8. The minimum absolute atomic E-state index is 0.0579.